The Morgan fingerprint density at radius 1 is 1.75 bits per heavy atom. The van der Waals surface area contributed by atoms with Gasteiger partial charge in [0.2, 0.25) is 12.2 Å². The van der Waals surface area contributed by atoms with Crippen LogP contribution in [0.1, 0.15) is 13.3 Å². The fraction of sp³-hybridized carbons (Fsp3) is 0.800. The standard InChI is InChI=1S/C10H19N5O/c1-8(12-2)5-13-10(14-7-11)15-4-3-9(16)6-15/h8-9,12,16H,3-6H2,1-2H3,(H,13,14)/t8-,9+/m1/s1. The molecule has 16 heavy (non-hydrogen) atoms. The number of aliphatic hydroxyl groups excluding tert-OH is 1. The summed E-state index contributed by atoms with van der Waals surface area (Å²) in [7, 11) is 1.88. The van der Waals surface area contributed by atoms with E-state index in [2.05, 4.69) is 15.6 Å². The predicted octanol–water partition coefficient (Wildman–Crippen LogP) is -0.912. The molecule has 0 aromatic rings. The van der Waals surface area contributed by atoms with Gasteiger partial charge >= 0.3 is 0 Å². The topological polar surface area (TPSA) is 83.7 Å². The first-order valence-corrected chi connectivity index (χ1v) is 5.48. The molecule has 3 N–H and O–H groups in total. The van der Waals surface area contributed by atoms with Crippen molar-refractivity contribution in [2.45, 2.75) is 25.5 Å². The normalized spacial score (nSPS) is 23.0. The molecule has 6 heteroatoms. The van der Waals surface area contributed by atoms with Gasteiger partial charge in [-0.05, 0) is 20.4 Å². The van der Waals surface area contributed by atoms with Gasteiger partial charge in [0.15, 0.2) is 0 Å². The molecule has 0 radical (unpaired) electrons. The zero-order chi connectivity index (χ0) is 12.0. The first kappa shape index (κ1) is 12.7. The number of likely N-dealkylation sites (N-methyl/N-ethyl adjacent to an activating group) is 1. The van der Waals surface area contributed by atoms with E-state index in [4.69, 9.17) is 5.26 Å². The summed E-state index contributed by atoms with van der Waals surface area (Å²) in [6, 6.07) is 0.302. The van der Waals surface area contributed by atoms with Crippen molar-refractivity contribution in [3.8, 4) is 6.19 Å². The Labute approximate surface area is 96.0 Å². The number of likely N-dealkylation sites (tertiary alicyclic amines) is 1. The second-order valence-electron chi connectivity index (χ2n) is 3.99. The van der Waals surface area contributed by atoms with Gasteiger partial charge in [0.05, 0.1) is 6.10 Å². The molecular formula is C10H19N5O. The molecule has 1 aliphatic rings. The number of β-amino-alcohol motifs (C(OH)–C–C–N with tert-alkyl or cyclic N) is 1. The largest absolute Gasteiger partial charge is 0.391 e. The Balaban J connectivity index is 2.49. The molecule has 0 spiro atoms. The summed E-state index contributed by atoms with van der Waals surface area (Å²) in [5.41, 5.74) is 0. The molecular weight excluding hydrogens is 206 g/mol. The highest BCUT2D eigenvalue weighted by molar-refractivity contribution is 5.81. The molecule has 1 heterocycles. The number of hydrogen-bond donors (Lipinski definition) is 3. The van der Waals surface area contributed by atoms with Crippen molar-refractivity contribution in [3.05, 3.63) is 0 Å². The van der Waals surface area contributed by atoms with E-state index in [1.54, 1.807) is 6.19 Å². The van der Waals surface area contributed by atoms with Crippen molar-refractivity contribution < 1.29 is 5.11 Å². The molecule has 90 valence electrons. The fourth-order valence-electron chi connectivity index (χ4n) is 1.55. The highest BCUT2D eigenvalue weighted by Crippen LogP contribution is 2.08. The first-order chi connectivity index (χ1) is 7.67. The number of nitriles is 1. The van der Waals surface area contributed by atoms with E-state index < -0.39 is 0 Å². The van der Waals surface area contributed by atoms with Crippen LogP contribution in [0, 0.1) is 11.5 Å². The second-order valence-corrected chi connectivity index (χ2v) is 3.99. The summed E-state index contributed by atoms with van der Waals surface area (Å²) in [6.07, 6.45) is 2.20. The van der Waals surface area contributed by atoms with Crippen LogP contribution in [0.5, 0.6) is 0 Å². The number of nitrogens with zero attached hydrogens (tertiary/aromatic N) is 3. The molecule has 0 aliphatic carbocycles. The van der Waals surface area contributed by atoms with Crippen LogP contribution in [-0.2, 0) is 0 Å². The van der Waals surface area contributed by atoms with Crippen molar-refractivity contribution in [2.24, 2.45) is 4.99 Å². The molecule has 1 aliphatic heterocycles. The second kappa shape index (κ2) is 6.30. The number of rotatable bonds is 3. The average Bonchev–Trinajstić information content (AvgIpc) is 2.70. The number of nitrogens with one attached hydrogen (secondary N) is 2. The zero-order valence-corrected chi connectivity index (χ0v) is 9.77. The van der Waals surface area contributed by atoms with Crippen LogP contribution in [0.4, 0.5) is 0 Å². The molecule has 6 nitrogen and oxygen atoms in total. The Kier molecular flexibility index (Phi) is 5.02. The van der Waals surface area contributed by atoms with Gasteiger partial charge in [0, 0.05) is 25.7 Å². The van der Waals surface area contributed by atoms with Crippen LogP contribution < -0.4 is 10.6 Å². The van der Waals surface area contributed by atoms with Crippen LogP contribution in [0.2, 0.25) is 0 Å². The van der Waals surface area contributed by atoms with Crippen molar-refractivity contribution in [3.63, 3.8) is 0 Å². The van der Waals surface area contributed by atoms with Gasteiger partial charge in [0.25, 0.3) is 0 Å². The number of aliphatic hydroxyl groups is 1. The third kappa shape index (κ3) is 3.68. The lowest BCUT2D eigenvalue weighted by atomic mass is 10.3. The molecule has 0 aromatic heterocycles. The van der Waals surface area contributed by atoms with Crippen molar-refractivity contribution in [1.29, 1.82) is 5.26 Å². The third-order valence-electron chi connectivity index (χ3n) is 2.68. The molecule has 0 aromatic carbocycles. The van der Waals surface area contributed by atoms with Gasteiger partial charge in [-0.3, -0.25) is 0 Å². The fourth-order valence-corrected chi connectivity index (χ4v) is 1.55. The quantitative estimate of drug-likeness (QED) is 0.329. The van der Waals surface area contributed by atoms with Crippen LogP contribution >= 0.6 is 0 Å². The predicted molar refractivity (Wildman–Crippen MR) is 61.8 cm³/mol. The van der Waals surface area contributed by atoms with Crippen LogP contribution in [-0.4, -0.2) is 54.8 Å². The SMILES string of the molecule is CN[C@H](C)CN/C(=N\C#N)N1CC[C@H](O)C1. The Morgan fingerprint density at radius 2 is 2.50 bits per heavy atom. The summed E-state index contributed by atoms with van der Waals surface area (Å²) in [5, 5.41) is 24.2. The van der Waals surface area contributed by atoms with Crippen molar-refractivity contribution in [2.75, 3.05) is 26.7 Å². The van der Waals surface area contributed by atoms with Gasteiger partial charge in [0.1, 0.15) is 0 Å². The smallest absolute Gasteiger partial charge is 0.210 e. The lowest BCUT2D eigenvalue weighted by Gasteiger charge is -2.21. The Hall–Kier alpha value is -1.32. The van der Waals surface area contributed by atoms with Gasteiger partial charge in [-0.1, -0.05) is 0 Å². The summed E-state index contributed by atoms with van der Waals surface area (Å²) in [5.74, 6) is 0.557. The lowest BCUT2D eigenvalue weighted by molar-refractivity contribution is 0.188. The van der Waals surface area contributed by atoms with Crippen LogP contribution in [0.15, 0.2) is 4.99 Å². The maximum atomic E-state index is 9.42. The maximum absolute atomic E-state index is 9.42. The molecule has 1 saturated heterocycles. The van der Waals surface area contributed by atoms with E-state index in [9.17, 15) is 5.11 Å². The van der Waals surface area contributed by atoms with Crippen molar-refractivity contribution >= 4 is 5.96 Å². The summed E-state index contributed by atoms with van der Waals surface area (Å²) >= 11 is 0. The molecule has 1 rings (SSSR count). The number of guanidine groups is 1. The average molecular weight is 225 g/mol. The monoisotopic (exact) mass is 225 g/mol. The van der Waals surface area contributed by atoms with Crippen LogP contribution in [0.3, 0.4) is 0 Å². The zero-order valence-electron chi connectivity index (χ0n) is 9.77. The minimum Gasteiger partial charge on any atom is -0.391 e. The summed E-state index contributed by atoms with van der Waals surface area (Å²) in [4.78, 5) is 5.64. The molecule has 2 atom stereocenters. The van der Waals surface area contributed by atoms with Gasteiger partial charge in [-0.15, -0.1) is 4.99 Å². The van der Waals surface area contributed by atoms with E-state index in [0.717, 1.165) is 13.0 Å². The summed E-state index contributed by atoms with van der Waals surface area (Å²) < 4.78 is 0. The Morgan fingerprint density at radius 3 is 3.00 bits per heavy atom. The molecule has 0 bridgehead atoms. The van der Waals surface area contributed by atoms with Crippen molar-refractivity contribution in [1.82, 2.24) is 15.5 Å². The Bertz CT molecular complexity index is 285. The minimum atomic E-state index is -0.313. The van der Waals surface area contributed by atoms with Gasteiger partial charge in [-0.25, -0.2) is 0 Å². The van der Waals surface area contributed by atoms with E-state index >= 15 is 0 Å². The summed E-state index contributed by atoms with van der Waals surface area (Å²) in [6.45, 7) is 4.02. The minimum absolute atomic E-state index is 0.302. The van der Waals surface area contributed by atoms with E-state index in [1.807, 2.05) is 18.9 Å². The maximum Gasteiger partial charge on any atom is 0.210 e. The van der Waals surface area contributed by atoms with E-state index in [0.29, 0.717) is 25.1 Å². The van der Waals surface area contributed by atoms with E-state index in [-0.39, 0.29) is 6.10 Å². The highest BCUT2D eigenvalue weighted by atomic mass is 16.3. The molecule has 1 fully saturated rings. The van der Waals surface area contributed by atoms with Crippen LogP contribution in [0.25, 0.3) is 0 Å². The molecule has 0 unspecified atom stereocenters. The number of hydrogen-bond acceptors (Lipinski definition) is 4. The van der Waals surface area contributed by atoms with E-state index in [1.165, 1.54) is 0 Å². The van der Waals surface area contributed by atoms with Gasteiger partial charge in [-0.2, -0.15) is 5.26 Å². The highest BCUT2D eigenvalue weighted by Gasteiger charge is 2.23. The molecule has 0 saturated carbocycles. The molecule has 0 amide bonds. The number of aliphatic imine (C=N–C) groups is 1. The first-order valence-electron chi connectivity index (χ1n) is 5.48. The third-order valence-corrected chi connectivity index (χ3v) is 2.68. The van der Waals surface area contributed by atoms with Gasteiger partial charge < -0.3 is 20.6 Å². The lowest BCUT2D eigenvalue weighted by Crippen LogP contribution is -2.45.